The van der Waals surface area contributed by atoms with E-state index in [4.69, 9.17) is 28.4 Å². The van der Waals surface area contributed by atoms with Crippen LogP contribution in [0.5, 0.6) is 0 Å². The molecule has 1 aliphatic rings. The third kappa shape index (κ3) is 10.3. The molecule has 1 aliphatic heterocycles. The average Bonchev–Trinajstić information content (AvgIpc) is 3.28. The Balaban J connectivity index is 1.30. The predicted molar refractivity (Wildman–Crippen MR) is 218 cm³/mol. The smallest absolute Gasteiger partial charge is 0.187 e. The van der Waals surface area contributed by atoms with E-state index in [1.165, 1.54) is 0 Å². The zero-order chi connectivity index (χ0) is 39.1. The van der Waals surface area contributed by atoms with E-state index in [1.54, 1.807) is 0 Å². The molecule has 6 aromatic carbocycles. The first-order valence-corrected chi connectivity index (χ1v) is 19.5. The zero-order valence-electron chi connectivity index (χ0n) is 31.9. The van der Waals surface area contributed by atoms with Crippen molar-refractivity contribution in [3.05, 3.63) is 215 Å². The van der Waals surface area contributed by atoms with Gasteiger partial charge in [-0.05, 0) is 33.4 Å². The van der Waals surface area contributed by atoms with Gasteiger partial charge in [-0.1, -0.05) is 182 Å². The Kier molecular flexibility index (Phi) is 14.4. The van der Waals surface area contributed by atoms with Crippen molar-refractivity contribution in [1.29, 1.82) is 0 Å². The molecule has 8 nitrogen and oxygen atoms in total. The summed E-state index contributed by atoms with van der Waals surface area (Å²) in [7, 11) is 0. The molecule has 6 aromatic rings. The van der Waals surface area contributed by atoms with Crippen molar-refractivity contribution in [1.82, 2.24) is 0 Å². The maximum Gasteiger partial charge on any atom is 0.187 e. The Morgan fingerprint density at radius 2 is 0.842 bits per heavy atom. The van der Waals surface area contributed by atoms with Gasteiger partial charge in [0.25, 0.3) is 0 Å². The molecule has 294 valence electrons. The second-order valence-corrected chi connectivity index (χ2v) is 14.1. The van der Waals surface area contributed by atoms with Crippen molar-refractivity contribution in [2.24, 2.45) is 0 Å². The molecule has 0 amide bonds. The van der Waals surface area contributed by atoms with E-state index in [2.05, 4.69) is 36.4 Å². The molecule has 8 heteroatoms. The van der Waals surface area contributed by atoms with E-state index < -0.39 is 49.0 Å². The van der Waals surface area contributed by atoms with Gasteiger partial charge in [0.15, 0.2) is 6.29 Å². The zero-order valence-corrected chi connectivity index (χ0v) is 31.9. The first-order chi connectivity index (χ1) is 28.1. The molecular formula is C49H50O8. The lowest BCUT2D eigenvalue weighted by Crippen LogP contribution is -2.62. The van der Waals surface area contributed by atoms with Crippen LogP contribution in [-0.2, 0) is 53.8 Å². The number of hydrogen-bond acceptors (Lipinski definition) is 8. The summed E-state index contributed by atoms with van der Waals surface area (Å²) in [6.45, 7) is 0.175. The lowest BCUT2D eigenvalue weighted by Gasteiger charge is -2.47. The van der Waals surface area contributed by atoms with Crippen LogP contribution in [0.25, 0.3) is 0 Å². The fraction of sp³-hybridized carbons (Fsp3) is 0.265. The van der Waals surface area contributed by atoms with Crippen molar-refractivity contribution in [3.8, 4) is 0 Å². The minimum Gasteiger partial charge on any atom is -0.394 e. The molecule has 6 atom stereocenters. The maximum absolute atomic E-state index is 10.5. The second kappa shape index (κ2) is 20.4. The molecule has 1 unspecified atom stereocenters. The van der Waals surface area contributed by atoms with Gasteiger partial charge in [-0.15, -0.1) is 0 Å². The van der Waals surface area contributed by atoms with Crippen molar-refractivity contribution < 1.29 is 38.6 Å². The van der Waals surface area contributed by atoms with Crippen LogP contribution in [0.1, 0.15) is 33.4 Å². The first-order valence-electron chi connectivity index (χ1n) is 19.5. The summed E-state index contributed by atoms with van der Waals surface area (Å²) in [6.07, 6.45) is -5.15. The Hall–Kier alpha value is -5.00. The summed E-state index contributed by atoms with van der Waals surface area (Å²) in [5.74, 6) is 0. The third-order valence-corrected chi connectivity index (χ3v) is 10.1. The monoisotopic (exact) mass is 766 g/mol. The summed E-state index contributed by atoms with van der Waals surface area (Å²) >= 11 is 0. The van der Waals surface area contributed by atoms with E-state index in [-0.39, 0.29) is 33.0 Å². The summed E-state index contributed by atoms with van der Waals surface area (Å²) in [5.41, 5.74) is 4.71. The predicted octanol–water partition coefficient (Wildman–Crippen LogP) is 7.85. The van der Waals surface area contributed by atoms with Gasteiger partial charge in [0.2, 0.25) is 0 Å². The van der Waals surface area contributed by atoms with E-state index in [9.17, 15) is 10.2 Å². The highest BCUT2D eigenvalue weighted by Gasteiger charge is 2.50. The Labute approximate surface area is 335 Å². The number of rotatable bonds is 19. The lowest BCUT2D eigenvalue weighted by molar-refractivity contribution is -0.332. The van der Waals surface area contributed by atoms with Gasteiger partial charge in [0.1, 0.15) is 36.1 Å². The molecule has 0 radical (unpaired) electrons. The van der Waals surface area contributed by atoms with Crippen molar-refractivity contribution in [3.63, 3.8) is 0 Å². The molecule has 57 heavy (non-hydrogen) atoms. The van der Waals surface area contributed by atoms with Gasteiger partial charge < -0.3 is 38.6 Å². The van der Waals surface area contributed by atoms with Crippen LogP contribution in [-0.4, -0.2) is 66.8 Å². The Morgan fingerprint density at radius 1 is 0.474 bits per heavy atom. The summed E-state index contributed by atoms with van der Waals surface area (Å²) in [6, 6.07) is 60.3. The lowest BCUT2D eigenvalue weighted by atomic mass is 9.80. The highest BCUT2D eigenvalue weighted by atomic mass is 16.7. The van der Waals surface area contributed by atoms with Gasteiger partial charge in [-0.2, -0.15) is 0 Å². The molecule has 2 N–H and O–H groups in total. The number of aliphatic hydroxyl groups is 2. The SMILES string of the molecule is OCC(O)CO[C@H]1O[C@H](COC(c2ccccc2)(c2ccccc2)c2ccccc2)[C@@H](OCc2ccccc2)[C@H](OCc2ccccc2)[C@H]1OCc1ccccc1. The second-order valence-electron chi connectivity index (χ2n) is 14.1. The Morgan fingerprint density at radius 3 is 1.25 bits per heavy atom. The van der Waals surface area contributed by atoms with Crippen molar-refractivity contribution >= 4 is 0 Å². The molecular weight excluding hydrogens is 717 g/mol. The third-order valence-electron chi connectivity index (χ3n) is 10.1. The fourth-order valence-electron chi connectivity index (χ4n) is 7.25. The molecule has 0 spiro atoms. The maximum atomic E-state index is 10.5. The van der Waals surface area contributed by atoms with Gasteiger partial charge in [-0.25, -0.2) is 0 Å². The summed E-state index contributed by atoms with van der Waals surface area (Å²) in [4.78, 5) is 0. The van der Waals surface area contributed by atoms with Gasteiger partial charge in [0.05, 0.1) is 39.6 Å². The van der Waals surface area contributed by atoms with Crippen LogP contribution in [0.3, 0.4) is 0 Å². The van der Waals surface area contributed by atoms with E-state index in [0.717, 1.165) is 33.4 Å². The van der Waals surface area contributed by atoms with Crippen LogP contribution in [0.2, 0.25) is 0 Å². The summed E-state index contributed by atoms with van der Waals surface area (Å²) < 4.78 is 41.0. The quantitative estimate of drug-likeness (QED) is 0.0806. The highest BCUT2D eigenvalue weighted by Crippen LogP contribution is 2.42. The van der Waals surface area contributed by atoms with Gasteiger partial charge >= 0.3 is 0 Å². The average molecular weight is 767 g/mol. The minimum absolute atomic E-state index is 0.0527. The molecule has 7 rings (SSSR count). The number of hydrogen-bond donors (Lipinski definition) is 2. The number of benzene rings is 6. The molecule has 1 fully saturated rings. The van der Waals surface area contributed by atoms with E-state index in [0.29, 0.717) is 0 Å². The summed E-state index contributed by atoms with van der Waals surface area (Å²) in [5, 5.41) is 20.2. The minimum atomic E-state index is -1.13. The highest BCUT2D eigenvalue weighted by molar-refractivity contribution is 5.47. The van der Waals surface area contributed by atoms with E-state index >= 15 is 0 Å². The molecule has 0 aromatic heterocycles. The fourth-order valence-corrected chi connectivity index (χ4v) is 7.25. The topological polar surface area (TPSA) is 95.8 Å². The first kappa shape index (κ1) is 40.2. The van der Waals surface area contributed by atoms with Crippen molar-refractivity contribution in [2.75, 3.05) is 19.8 Å². The molecule has 0 saturated carbocycles. The molecule has 1 saturated heterocycles. The van der Waals surface area contributed by atoms with Crippen LogP contribution >= 0.6 is 0 Å². The van der Waals surface area contributed by atoms with Crippen molar-refractivity contribution in [2.45, 2.75) is 62.2 Å². The Bertz CT molecular complexity index is 1910. The van der Waals surface area contributed by atoms with Gasteiger partial charge in [0, 0.05) is 0 Å². The molecule has 0 bridgehead atoms. The normalized spacial score (nSPS) is 20.2. The van der Waals surface area contributed by atoms with Gasteiger partial charge in [-0.3, -0.25) is 0 Å². The largest absolute Gasteiger partial charge is 0.394 e. The molecule has 1 heterocycles. The van der Waals surface area contributed by atoms with E-state index in [1.807, 2.05) is 146 Å². The number of ether oxygens (including phenoxy) is 6. The standard InChI is InChI=1S/C49H50O8/c50-31-43(51)35-55-48-47(54-34-39-23-11-3-12-24-39)46(53-33-38-21-9-2-10-22-38)45(52-32-37-19-7-1-8-20-37)44(57-48)36-56-49(40-25-13-4-14-26-40,41-27-15-5-16-28-41)42-29-17-6-18-30-42/h1-30,43-48,50-51H,31-36H2/t43?,44-,45-,46+,47-,48+/m1/s1. The molecule has 0 aliphatic carbocycles. The van der Waals surface area contributed by atoms with Crippen LogP contribution < -0.4 is 0 Å². The van der Waals surface area contributed by atoms with Crippen LogP contribution in [0.4, 0.5) is 0 Å². The number of aliphatic hydroxyl groups excluding tert-OH is 2. The van der Waals surface area contributed by atoms with Crippen LogP contribution in [0.15, 0.2) is 182 Å². The van der Waals surface area contributed by atoms with Crippen LogP contribution in [0, 0.1) is 0 Å².